The van der Waals surface area contributed by atoms with Crippen molar-refractivity contribution in [2.75, 3.05) is 7.11 Å². The average molecular weight is 535 g/mol. The molecule has 40 heavy (non-hydrogen) atoms. The van der Waals surface area contributed by atoms with Gasteiger partial charge in [0.15, 0.2) is 11.5 Å². The number of nitrogens with one attached hydrogen (secondary N) is 1. The first-order chi connectivity index (χ1) is 19.5. The second-order valence-electron chi connectivity index (χ2n) is 8.44. The Kier molecular flexibility index (Phi) is 9.51. The van der Waals surface area contributed by atoms with Gasteiger partial charge in [0.1, 0.15) is 29.8 Å². The second kappa shape index (κ2) is 13.8. The van der Waals surface area contributed by atoms with Crippen LogP contribution >= 0.6 is 0 Å². The number of hydrogen-bond acceptors (Lipinski definition) is 7. The highest BCUT2D eigenvalue weighted by molar-refractivity contribution is 6.01. The Hall–Kier alpha value is -5.55. The summed E-state index contributed by atoms with van der Waals surface area (Å²) in [4.78, 5) is 24.8. The molecule has 1 N–H and O–H groups in total. The Morgan fingerprint density at radius 1 is 0.950 bits per heavy atom. The Labute approximate surface area is 231 Å². The molecule has 0 bridgehead atoms. The third-order valence-corrected chi connectivity index (χ3v) is 5.62. The van der Waals surface area contributed by atoms with Crippen LogP contribution < -0.4 is 19.5 Å². The number of rotatable bonds is 11. The molecule has 0 atom stereocenters. The van der Waals surface area contributed by atoms with E-state index >= 15 is 0 Å². The first kappa shape index (κ1) is 27.5. The standard InChI is InChI=1S/C32H26N2O6/c1-37-30-19-25(18-26(20-33)32(36)34-21-28-8-5-17-38-28)11-15-29(30)40-31(35)16-12-23-9-13-27(14-10-23)39-22-24-6-3-2-4-7-24/h2-19H,21-22H2,1H3,(H,34,36)/b16-12+,26-18+. The molecule has 8 heteroatoms. The van der Waals surface area contributed by atoms with Gasteiger partial charge in [-0.05, 0) is 65.2 Å². The van der Waals surface area contributed by atoms with Gasteiger partial charge in [0.05, 0.1) is 19.9 Å². The second-order valence-corrected chi connectivity index (χ2v) is 8.44. The Morgan fingerprint density at radius 2 is 1.73 bits per heavy atom. The molecule has 4 aromatic rings. The molecule has 0 aliphatic carbocycles. The van der Waals surface area contributed by atoms with Crippen molar-refractivity contribution in [2.24, 2.45) is 0 Å². The van der Waals surface area contributed by atoms with E-state index in [4.69, 9.17) is 18.6 Å². The molecule has 0 aliphatic rings. The fourth-order valence-electron chi connectivity index (χ4n) is 3.57. The maximum atomic E-state index is 12.4. The van der Waals surface area contributed by atoms with Crippen molar-refractivity contribution in [3.05, 3.63) is 125 Å². The minimum atomic E-state index is -0.596. The van der Waals surface area contributed by atoms with E-state index in [1.54, 1.807) is 30.3 Å². The quantitative estimate of drug-likeness (QED) is 0.114. The summed E-state index contributed by atoms with van der Waals surface area (Å²) in [6.45, 7) is 0.623. The van der Waals surface area contributed by atoms with Crippen molar-refractivity contribution in [1.82, 2.24) is 5.32 Å². The predicted molar refractivity (Wildman–Crippen MR) is 149 cm³/mol. The average Bonchev–Trinajstić information content (AvgIpc) is 3.52. The number of hydrogen-bond donors (Lipinski definition) is 1. The van der Waals surface area contributed by atoms with Gasteiger partial charge in [-0.15, -0.1) is 0 Å². The molecule has 0 spiro atoms. The molecule has 4 rings (SSSR count). The lowest BCUT2D eigenvalue weighted by Gasteiger charge is -2.09. The Bertz CT molecular complexity index is 1530. The molecule has 1 aromatic heterocycles. The number of nitrogens with zero attached hydrogens (tertiary/aromatic N) is 1. The van der Waals surface area contributed by atoms with Crippen molar-refractivity contribution in [3.63, 3.8) is 0 Å². The zero-order valence-electron chi connectivity index (χ0n) is 21.7. The number of nitriles is 1. The van der Waals surface area contributed by atoms with Gasteiger partial charge >= 0.3 is 5.97 Å². The number of ether oxygens (including phenoxy) is 3. The van der Waals surface area contributed by atoms with Crippen LogP contribution in [0.4, 0.5) is 0 Å². The fraction of sp³-hybridized carbons (Fsp3) is 0.0938. The molecular weight excluding hydrogens is 508 g/mol. The zero-order valence-corrected chi connectivity index (χ0v) is 21.7. The van der Waals surface area contributed by atoms with Gasteiger partial charge in [-0.2, -0.15) is 5.26 Å². The summed E-state index contributed by atoms with van der Waals surface area (Å²) in [6, 6.07) is 27.2. The minimum Gasteiger partial charge on any atom is -0.493 e. The molecule has 0 radical (unpaired) electrons. The van der Waals surface area contributed by atoms with E-state index in [1.807, 2.05) is 60.7 Å². The molecule has 0 fully saturated rings. The molecule has 0 aliphatic heterocycles. The van der Waals surface area contributed by atoms with Gasteiger partial charge in [-0.3, -0.25) is 4.79 Å². The van der Waals surface area contributed by atoms with Crippen molar-refractivity contribution in [3.8, 4) is 23.3 Å². The van der Waals surface area contributed by atoms with Gasteiger partial charge in [-0.25, -0.2) is 4.79 Å². The number of esters is 1. The lowest BCUT2D eigenvalue weighted by Crippen LogP contribution is -2.23. The number of benzene rings is 3. The molecule has 3 aromatic carbocycles. The molecule has 1 heterocycles. The number of furan rings is 1. The fourth-order valence-corrected chi connectivity index (χ4v) is 3.57. The minimum absolute atomic E-state index is 0.0993. The van der Waals surface area contributed by atoms with E-state index in [-0.39, 0.29) is 23.6 Å². The van der Waals surface area contributed by atoms with Crippen LogP contribution in [0.1, 0.15) is 22.5 Å². The highest BCUT2D eigenvalue weighted by Gasteiger charge is 2.12. The third-order valence-electron chi connectivity index (χ3n) is 5.62. The highest BCUT2D eigenvalue weighted by atomic mass is 16.6. The number of carbonyl (C=O) groups is 2. The van der Waals surface area contributed by atoms with E-state index < -0.39 is 11.9 Å². The van der Waals surface area contributed by atoms with E-state index in [1.165, 1.54) is 31.6 Å². The first-order valence-electron chi connectivity index (χ1n) is 12.3. The van der Waals surface area contributed by atoms with Crippen LogP contribution in [0.15, 0.2) is 107 Å². The van der Waals surface area contributed by atoms with Gasteiger partial charge in [0.25, 0.3) is 5.91 Å². The summed E-state index contributed by atoms with van der Waals surface area (Å²) in [5.74, 6) is 0.605. The third kappa shape index (κ3) is 7.97. The summed E-state index contributed by atoms with van der Waals surface area (Å²) in [6.07, 6.45) is 5.86. The van der Waals surface area contributed by atoms with Gasteiger partial charge in [0.2, 0.25) is 0 Å². The van der Waals surface area contributed by atoms with Crippen LogP contribution in [0.3, 0.4) is 0 Å². The Morgan fingerprint density at radius 3 is 2.42 bits per heavy atom. The maximum absolute atomic E-state index is 12.4. The maximum Gasteiger partial charge on any atom is 0.336 e. The van der Waals surface area contributed by atoms with Crippen LogP contribution in [0, 0.1) is 11.3 Å². The predicted octanol–water partition coefficient (Wildman–Crippen LogP) is 5.71. The zero-order chi connectivity index (χ0) is 28.2. The molecule has 200 valence electrons. The monoisotopic (exact) mass is 534 g/mol. The number of carbonyl (C=O) groups excluding carboxylic acids is 2. The highest BCUT2D eigenvalue weighted by Crippen LogP contribution is 2.29. The van der Waals surface area contributed by atoms with E-state index in [2.05, 4.69) is 5.32 Å². The van der Waals surface area contributed by atoms with Crippen LogP contribution in [0.25, 0.3) is 12.2 Å². The van der Waals surface area contributed by atoms with Crippen LogP contribution in [0.2, 0.25) is 0 Å². The largest absolute Gasteiger partial charge is 0.493 e. The smallest absolute Gasteiger partial charge is 0.336 e. The van der Waals surface area contributed by atoms with Crippen molar-refractivity contribution >= 4 is 24.0 Å². The van der Waals surface area contributed by atoms with Crippen LogP contribution in [0.5, 0.6) is 17.2 Å². The van der Waals surface area contributed by atoms with Crippen molar-refractivity contribution in [2.45, 2.75) is 13.2 Å². The van der Waals surface area contributed by atoms with Gasteiger partial charge in [-0.1, -0.05) is 48.5 Å². The summed E-state index contributed by atoms with van der Waals surface area (Å²) < 4.78 is 21.7. The molecule has 0 saturated carbocycles. The van der Waals surface area contributed by atoms with Crippen molar-refractivity contribution < 1.29 is 28.2 Å². The molecule has 0 saturated heterocycles. The van der Waals surface area contributed by atoms with Crippen LogP contribution in [-0.4, -0.2) is 19.0 Å². The van der Waals surface area contributed by atoms with E-state index in [0.717, 1.165) is 16.9 Å². The number of amides is 1. The lowest BCUT2D eigenvalue weighted by molar-refractivity contribution is -0.129. The lowest BCUT2D eigenvalue weighted by atomic mass is 10.1. The SMILES string of the molecule is COc1cc(/C=C(\C#N)C(=O)NCc2ccco2)ccc1OC(=O)/C=C/c1ccc(OCc2ccccc2)cc1. The summed E-state index contributed by atoms with van der Waals surface area (Å²) in [5, 5.41) is 12.1. The first-order valence-corrected chi connectivity index (χ1v) is 12.3. The topological polar surface area (TPSA) is 111 Å². The van der Waals surface area contributed by atoms with E-state index in [0.29, 0.717) is 17.9 Å². The normalized spacial score (nSPS) is 11.1. The molecule has 1 amide bonds. The van der Waals surface area contributed by atoms with Gasteiger partial charge < -0.3 is 23.9 Å². The summed E-state index contributed by atoms with van der Waals surface area (Å²) in [7, 11) is 1.43. The molecular formula is C32H26N2O6. The Balaban J connectivity index is 1.34. The molecule has 8 nitrogen and oxygen atoms in total. The van der Waals surface area contributed by atoms with Crippen LogP contribution in [-0.2, 0) is 22.7 Å². The van der Waals surface area contributed by atoms with Gasteiger partial charge in [0, 0.05) is 6.08 Å². The van der Waals surface area contributed by atoms with E-state index in [9.17, 15) is 14.9 Å². The molecule has 0 unspecified atom stereocenters. The van der Waals surface area contributed by atoms with Crippen molar-refractivity contribution in [1.29, 1.82) is 5.26 Å². The number of methoxy groups -OCH3 is 1. The summed E-state index contributed by atoms with van der Waals surface area (Å²) in [5.41, 5.74) is 2.29. The summed E-state index contributed by atoms with van der Waals surface area (Å²) >= 11 is 0.